The third-order valence-corrected chi connectivity index (χ3v) is 4.71. The van der Waals surface area contributed by atoms with Crippen molar-refractivity contribution in [3.8, 4) is 0 Å². The van der Waals surface area contributed by atoms with E-state index in [-0.39, 0.29) is 0 Å². The first-order chi connectivity index (χ1) is 8.72. The molecule has 0 aliphatic carbocycles. The van der Waals surface area contributed by atoms with Crippen LogP contribution in [0.3, 0.4) is 0 Å². The highest BCUT2D eigenvalue weighted by molar-refractivity contribution is 8.02. The van der Waals surface area contributed by atoms with E-state index in [1.54, 1.807) is 24.2 Å². The number of rotatable bonds is 2. The maximum absolute atomic E-state index is 5.93. The summed E-state index contributed by atoms with van der Waals surface area (Å²) in [6.07, 6.45) is 4.54. The number of fused-ring (bicyclic) bond motifs is 1. The molecule has 3 rings (SSSR count). The second-order valence-electron chi connectivity index (χ2n) is 3.82. The lowest BCUT2D eigenvalue weighted by Gasteiger charge is -2.05. The Bertz CT molecular complexity index is 588. The monoisotopic (exact) mass is 296 g/mol. The Labute approximate surface area is 118 Å². The largest absolute Gasteiger partial charge is 0.231 e. The molecule has 0 spiro atoms. The van der Waals surface area contributed by atoms with Crippen LogP contribution in [-0.2, 0) is 6.42 Å². The highest BCUT2D eigenvalue weighted by Crippen LogP contribution is 2.39. The van der Waals surface area contributed by atoms with E-state index in [2.05, 4.69) is 19.9 Å². The van der Waals surface area contributed by atoms with Gasteiger partial charge in [0.25, 0.3) is 0 Å². The van der Waals surface area contributed by atoms with E-state index in [4.69, 9.17) is 11.6 Å². The Morgan fingerprint density at radius 3 is 2.83 bits per heavy atom. The molecule has 1 aliphatic rings. The van der Waals surface area contributed by atoms with Gasteiger partial charge in [-0.05, 0) is 35.9 Å². The normalized spacial score (nSPS) is 13.7. The van der Waals surface area contributed by atoms with E-state index in [1.807, 2.05) is 6.92 Å². The predicted octanol–water partition coefficient (Wildman–Crippen LogP) is 3.03. The van der Waals surface area contributed by atoms with Crippen LogP contribution in [0.2, 0.25) is 5.28 Å². The fourth-order valence-corrected chi connectivity index (χ4v) is 3.85. The Morgan fingerprint density at radius 1 is 1.28 bits per heavy atom. The van der Waals surface area contributed by atoms with Crippen LogP contribution >= 0.6 is 35.1 Å². The smallest absolute Gasteiger partial charge is 0.223 e. The molecule has 18 heavy (non-hydrogen) atoms. The summed E-state index contributed by atoms with van der Waals surface area (Å²) in [5, 5.41) is 1.84. The lowest BCUT2D eigenvalue weighted by atomic mass is 10.3. The summed E-state index contributed by atoms with van der Waals surface area (Å²) in [5.74, 6) is 1.03. The van der Waals surface area contributed by atoms with Crippen molar-refractivity contribution in [3.63, 3.8) is 0 Å². The van der Waals surface area contributed by atoms with Crippen LogP contribution in [0.15, 0.2) is 27.5 Å². The number of thioether (sulfide) groups is 1. The minimum absolute atomic E-state index is 0.297. The maximum Gasteiger partial charge on any atom is 0.223 e. The van der Waals surface area contributed by atoms with Gasteiger partial charge in [-0.3, -0.25) is 0 Å². The molecule has 0 fully saturated rings. The molecule has 92 valence electrons. The van der Waals surface area contributed by atoms with E-state index in [9.17, 15) is 0 Å². The molecule has 1 aliphatic heterocycles. The van der Waals surface area contributed by atoms with Crippen LogP contribution in [0.4, 0.5) is 0 Å². The van der Waals surface area contributed by atoms with Crippen molar-refractivity contribution in [1.82, 2.24) is 19.9 Å². The Kier molecular flexibility index (Phi) is 3.41. The van der Waals surface area contributed by atoms with Crippen molar-refractivity contribution in [2.75, 3.05) is 5.75 Å². The van der Waals surface area contributed by atoms with Crippen LogP contribution in [0.25, 0.3) is 0 Å². The minimum atomic E-state index is 0.297. The number of aromatic nitrogens is 4. The number of hydrogen-bond acceptors (Lipinski definition) is 6. The zero-order valence-electron chi connectivity index (χ0n) is 9.55. The molecule has 7 heteroatoms. The number of nitrogens with zero attached hydrogens (tertiary/aromatic N) is 4. The maximum atomic E-state index is 5.93. The van der Waals surface area contributed by atoms with Gasteiger partial charge in [0.1, 0.15) is 5.03 Å². The first kappa shape index (κ1) is 12.2. The summed E-state index contributed by atoms with van der Waals surface area (Å²) in [6.45, 7) is 1.96. The standard InChI is InChI=1S/C11H9ClN4S2/c1-6-4-13-11(14-5-6)18-9-8-7(2-3-17-8)15-10(12)16-9/h4-5H,2-3H2,1H3. The van der Waals surface area contributed by atoms with Crippen LogP contribution in [-0.4, -0.2) is 25.7 Å². The van der Waals surface area contributed by atoms with E-state index >= 15 is 0 Å². The summed E-state index contributed by atoms with van der Waals surface area (Å²) in [6, 6.07) is 0. The molecule has 3 heterocycles. The van der Waals surface area contributed by atoms with Gasteiger partial charge in [-0.15, -0.1) is 11.8 Å². The van der Waals surface area contributed by atoms with Crippen LogP contribution < -0.4 is 0 Å². The average Bonchev–Trinajstić information content (AvgIpc) is 2.80. The summed E-state index contributed by atoms with van der Waals surface area (Å²) < 4.78 is 0. The third kappa shape index (κ3) is 2.46. The quantitative estimate of drug-likeness (QED) is 0.627. The topological polar surface area (TPSA) is 51.6 Å². The SMILES string of the molecule is Cc1cnc(Sc2nc(Cl)nc3c2SCC3)nc1. The molecule has 0 saturated heterocycles. The highest BCUT2D eigenvalue weighted by atomic mass is 35.5. The van der Waals surface area contributed by atoms with Gasteiger partial charge in [0.15, 0.2) is 5.16 Å². The molecule has 0 saturated carbocycles. The molecular weight excluding hydrogens is 288 g/mol. The van der Waals surface area contributed by atoms with Gasteiger partial charge in [0, 0.05) is 24.6 Å². The summed E-state index contributed by atoms with van der Waals surface area (Å²) >= 11 is 9.14. The average molecular weight is 297 g/mol. The molecule has 0 radical (unpaired) electrons. The number of aryl methyl sites for hydroxylation is 2. The van der Waals surface area contributed by atoms with Gasteiger partial charge < -0.3 is 0 Å². The molecule has 2 aromatic rings. The molecular formula is C11H9ClN4S2. The van der Waals surface area contributed by atoms with Crippen molar-refractivity contribution in [2.45, 2.75) is 28.4 Å². The van der Waals surface area contributed by atoms with E-state index < -0.39 is 0 Å². The molecule has 0 N–H and O–H groups in total. The van der Waals surface area contributed by atoms with Crippen LogP contribution in [0, 0.1) is 6.92 Å². The van der Waals surface area contributed by atoms with Gasteiger partial charge in [-0.25, -0.2) is 19.9 Å². The first-order valence-corrected chi connectivity index (χ1v) is 7.56. The molecule has 0 amide bonds. The van der Waals surface area contributed by atoms with Crippen molar-refractivity contribution < 1.29 is 0 Å². The third-order valence-electron chi connectivity index (χ3n) is 2.41. The molecule has 0 bridgehead atoms. The van der Waals surface area contributed by atoms with E-state index in [0.717, 1.165) is 33.4 Å². The van der Waals surface area contributed by atoms with Crippen molar-refractivity contribution >= 4 is 35.1 Å². The number of halogens is 1. The molecule has 0 atom stereocenters. The van der Waals surface area contributed by atoms with Crippen molar-refractivity contribution in [1.29, 1.82) is 0 Å². The van der Waals surface area contributed by atoms with Gasteiger partial charge in [-0.1, -0.05) is 0 Å². The summed E-state index contributed by atoms with van der Waals surface area (Å²) in [5.41, 5.74) is 2.08. The fraction of sp³-hybridized carbons (Fsp3) is 0.273. The van der Waals surface area contributed by atoms with Gasteiger partial charge in [0.2, 0.25) is 5.28 Å². The first-order valence-electron chi connectivity index (χ1n) is 5.38. The van der Waals surface area contributed by atoms with Crippen LogP contribution in [0.5, 0.6) is 0 Å². The summed E-state index contributed by atoms with van der Waals surface area (Å²) in [4.78, 5) is 18.2. The predicted molar refractivity (Wildman–Crippen MR) is 72.4 cm³/mol. The Hall–Kier alpha value is -0.850. The lowest BCUT2D eigenvalue weighted by molar-refractivity contribution is 0.884. The molecule has 0 aromatic carbocycles. The zero-order valence-corrected chi connectivity index (χ0v) is 11.9. The fourth-order valence-electron chi connectivity index (χ4n) is 1.60. The van der Waals surface area contributed by atoms with E-state index in [1.165, 1.54) is 11.8 Å². The van der Waals surface area contributed by atoms with Gasteiger partial charge in [-0.2, -0.15) is 0 Å². The summed E-state index contributed by atoms with van der Waals surface area (Å²) in [7, 11) is 0. The molecule has 2 aromatic heterocycles. The molecule has 4 nitrogen and oxygen atoms in total. The Balaban J connectivity index is 1.95. The van der Waals surface area contributed by atoms with Crippen LogP contribution in [0.1, 0.15) is 11.3 Å². The minimum Gasteiger partial charge on any atom is -0.231 e. The van der Waals surface area contributed by atoms with Crippen molar-refractivity contribution in [2.24, 2.45) is 0 Å². The lowest BCUT2D eigenvalue weighted by Crippen LogP contribution is -1.95. The van der Waals surface area contributed by atoms with Gasteiger partial charge in [0.05, 0.1) is 10.6 Å². The second-order valence-corrected chi connectivity index (χ2v) is 6.22. The van der Waals surface area contributed by atoms with Gasteiger partial charge >= 0.3 is 0 Å². The highest BCUT2D eigenvalue weighted by Gasteiger charge is 2.20. The number of hydrogen-bond donors (Lipinski definition) is 0. The molecule has 0 unspecified atom stereocenters. The zero-order chi connectivity index (χ0) is 12.5. The van der Waals surface area contributed by atoms with E-state index in [0.29, 0.717) is 10.4 Å². The second kappa shape index (κ2) is 5.03. The Morgan fingerprint density at radius 2 is 2.06 bits per heavy atom. The van der Waals surface area contributed by atoms with Crippen molar-refractivity contribution in [3.05, 3.63) is 28.9 Å².